The second-order valence-electron chi connectivity index (χ2n) is 4.21. The van der Waals surface area contributed by atoms with Gasteiger partial charge in [0.05, 0.1) is 0 Å². The Morgan fingerprint density at radius 1 is 1.43 bits per heavy atom. The minimum absolute atomic E-state index is 0.490. The van der Waals surface area contributed by atoms with E-state index in [9.17, 15) is 0 Å². The van der Waals surface area contributed by atoms with E-state index in [1.54, 1.807) is 0 Å². The van der Waals surface area contributed by atoms with Crippen LogP contribution in [0.15, 0.2) is 12.3 Å². The molecule has 80 valence electrons. The highest BCUT2D eigenvalue weighted by molar-refractivity contribution is 5.32. The average molecular weight is 195 g/mol. The third-order valence-corrected chi connectivity index (χ3v) is 2.34. The predicted octanol–water partition coefficient (Wildman–Crippen LogP) is 2.92. The topological polar surface area (TPSA) is 29.9 Å². The average Bonchev–Trinajstić information content (AvgIpc) is 2.62. The molecule has 1 rings (SSSR count). The van der Waals surface area contributed by atoms with E-state index in [1.807, 2.05) is 16.9 Å². The first kappa shape index (κ1) is 11.1. The summed E-state index contributed by atoms with van der Waals surface area (Å²) >= 11 is 0. The van der Waals surface area contributed by atoms with Crippen LogP contribution in [-0.4, -0.2) is 16.3 Å². The van der Waals surface area contributed by atoms with Crippen molar-refractivity contribution in [3.63, 3.8) is 0 Å². The van der Waals surface area contributed by atoms with Gasteiger partial charge in [-0.15, -0.1) is 0 Å². The zero-order valence-electron chi connectivity index (χ0n) is 9.62. The maximum atomic E-state index is 4.46. The Hall–Kier alpha value is -0.990. The van der Waals surface area contributed by atoms with Crippen molar-refractivity contribution >= 4 is 5.82 Å². The molecule has 0 bridgehead atoms. The Morgan fingerprint density at radius 2 is 2.14 bits per heavy atom. The van der Waals surface area contributed by atoms with Gasteiger partial charge in [0, 0.05) is 24.8 Å². The summed E-state index contributed by atoms with van der Waals surface area (Å²) in [7, 11) is 0. The Kier molecular flexibility index (Phi) is 3.98. The maximum Gasteiger partial charge on any atom is 0.148 e. The summed E-state index contributed by atoms with van der Waals surface area (Å²) < 4.78 is 2.02. The molecule has 0 aromatic carbocycles. The summed E-state index contributed by atoms with van der Waals surface area (Å²) in [4.78, 5) is 0. The molecule has 0 fully saturated rings. The quantitative estimate of drug-likeness (QED) is 0.783. The first-order valence-corrected chi connectivity index (χ1v) is 5.42. The summed E-state index contributed by atoms with van der Waals surface area (Å²) in [6, 6.07) is 2.53. The van der Waals surface area contributed by atoms with Crippen molar-refractivity contribution in [1.82, 2.24) is 9.78 Å². The molecule has 1 heterocycles. The maximum absolute atomic E-state index is 4.46. The smallest absolute Gasteiger partial charge is 0.148 e. The molecule has 14 heavy (non-hydrogen) atoms. The van der Waals surface area contributed by atoms with Gasteiger partial charge in [-0.25, -0.2) is 0 Å². The first-order valence-electron chi connectivity index (χ1n) is 5.42. The van der Waals surface area contributed by atoms with E-state index in [4.69, 9.17) is 0 Å². The van der Waals surface area contributed by atoms with Crippen molar-refractivity contribution in [2.45, 2.75) is 40.2 Å². The summed E-state index contributed by atoms with van der Waals surface area (Å²) in [5.41, 5.74) is 0. The Bertz CT molecular complexity index is 265. The van der Waals surface area contributed by atoms with Gasteiger partial charge in [-0.05, 0) is 19.3 Å². The van der Waals surface area contributed by atoms with Gasteiger partial charge in [0.2, 0.25) is 0 Å². The van der Waals surface area contributed by atoms with E-state index in [0.29, 0.717) is 12.0 Å². The predicted molar refractivity (Wildman–Crippen MR) is 60.6 cm³/mol. The monoisotopic (exact) mass is 195 g/mol. The molecule has 3 nitrogen and oxygen atoms in total. The van der Waals surface area contributed by atoms with Gasteiger partial charge >= 0.3 is 0 Å². The number of nitrogens with one attached hydrogen (secondary N) is 1. The van der Waals surface area contributed by atoms with Crippen LogP contribution in [0.4, 0.5) is 5.82 Å². The van der Waals surface area contributed by atoms with E-state index in [-0.39, 0.29) is 0 Å². The van der Waals surface area contributed by atoms with E-state index in [0.717, 1.165) is 18.8 Å². The lowest BCUT2D eigenvalue weighted by atomic mass is 10.2. The van der Waals surface area contributed by atoms with E-state index >= 15 is 0 Å². The SMILES string of the molecule is CC[C@@H](C)n1ccc(NCC(C)C)n1. The van der Waals surface area contributed by atoms with Crippen molar-refractivity contribution in [3.8, 4) is 0 Å². The Morgan fingerprint density at radius 3 is 2.71 bits per heavy atom. The van der Waals surface area contributed by atoms with Crippen LogP contribution in [0.25, 0.3) is 0 Å². The van der Waals surface area contributed by atoms with Crippen LogP contribution < -0.4 is 5.32 Å². The molecule has 1 atom stereocenters. The molecule has 0 amide bonds. The van der Waals surface area contributed by atoms with Crippen molar-refractivity contribution < 1.29 is 0 Å². The zero-order valence-corrected chi connectivity index (χ0v) is 9.62. The fraction of sp³-hybridized carbons (Fsp3) is 0.727. The number of hydrogen-bond donors (Lipinski definition) is 1. The summed E-state index contributed by atoms with van der Waals surface area (Å²) in [5.74, 6) is 1.64. The lowest BCUT2D eigenvalue weighted by molar-refractivity contribution is 0.478. The highest BCUT2D eigenvalue weighted by atomic mass is 15.3. The lowest BCUT2D eigenvalue weighted by Gasteiger charge is -2.09. The van der Waals surface area contributed by atoms with Crippen LogP contribution >= 0.6 is 0 Å². The molecule has 0 aliphatic rings. The largest absolute Gasteiger partial charge is 0.368 e. The normalized spacial score (nSPS) is 13.2. The molecule has 0 radical (unpaired) electrons. The second-order valence-corrected chi connectivity index (χ2v) is 4.21. The minimum Gasteiger partial charge on any atom is -0.368 e. The third kappa shape index (κ3) is 3.05. The van der Waals surface area contributed by atoms with Gasteiger partial charge in [-0.1, -0.05) is 20.8 Å². The molecule has 0 spiro atoms. The van der Waals surface area contributed by atoms with Crippen LogP contribution in [0, 0.1) is 5.92 Å². The summed E-state index contributed by atoms with van der Waals surface area (Å²) in [5, 5.41) is 7.77. The van der Waals surface area contributed by atoms with Crippen molar-refractivity contribution in [3.05, 3.63) is 12.3 Å². The van der Waals surface area contributed by atoms with E-state index < -0.39 is 0 Å². The highest BCUT2D eigenvalue weighted by Gasteiger charge is 2.04. The van der Waals surface area contributed by atoms with Gasteiger partial charge < -0.3 is 5.32 Å². The van der Waals surface area contributed by atoms with Crippen molar-refractivity contribution in [1.29, 1.82) is 0 Å². The highest BCUT2D eigenvalue weighted by Crippen LogP contribution is 2.11. The fourth-order valence-electron chi connectivity index (χ4n) is 1.17. The molecule has 0 unspecified atom stereocenters. The van der Waals surface area contributed by atoms with Crippen molar-refractivity contribution in [2.24, 2.45) is 5.92 Å². The molecule has 1 aromatic heterocycles. The molecule has 1 aromatic rings. The van der Waals surface area contributed by atoms with Crippen molar-refractivity contribution in [2.75, 3.05) is 11.9 Å². The fourth-order valence-corrected chi connectivity index (χ4v) is 1.17. The molecular formula is C11H21N3. The van der Waals surface area contributed by atoms with Crippen LogP contribution in [0.3, 0.4) is 0 Å². The molecular weight excluding hydrogens is 174 g/mol. The van der Waals surface area contributed by atoms with Gasteiger partial charge in [0.15, 0.2) is 0 Å². The Labute approximate surface area is 86.5 Å². The van der Waals surface area contributed by atoms with Crippen LogP contribution in [0.2, 0.25) is 0 Å². The second kappa shape index (κ2) is 5.03. The molecule has 1 N–H and O–H groups in total. The van der Waals surface area contributed by atoms with Gasteiger partial charge in [-0.3, -0.25) is 4.68 Å². The van der Waals surface area contributed by atoms with Crippen LogP contribution in [0.1, 0.15) is 40.2 Å². The molecule has 0 aliphatic heterocycles. The standard InChI is InChI=1S/C11H21N3/c1-5-10(4)14-7-6-11(13-14)12-8-9(2)3/h6-7,9-10H,5,8H2,1-4H3,(H,12,13)/t10-/m1/s1. The summed E-state index contributed by atoms with van der Waals surface area (Å²) in [6.45, 7) is 9.72. The number of rotatable bonds is 5. The number of hydrogen-bond acceptors (Lipinski definition) is 2. The number of aromatic nitrogens is 2. The molecule has 0 saturated heterocycles. The van der Waals surface area contributed by atoms with Gasteiger partial charge in [0.25, 0.3) is 0 Å². The molecule has 3 heteroatoms. The zero-order chi connectivity index (χ0) is 10.6. The van der Waals surface area contributed by atoms with Crippen LogP contribution in [-0.2, 0) is 0 Å². The summed E-state index contributed by atoms with van der Waals surface area (Å²) in [6.07, 6.45) is 3.15. The van der Waals surface area contributed by atoms with E-state index in [1.165, 1.54) is 0 Å². The lowest BCUT2D eigenvalue weighted by Crippen LogP contribution is -2.10. The van der Waals surface area contributed by atoms with E-state index in [2.05, 4.69) is 38.1 Å². The first-order chi connectivity index (χ1) is 6.63. The molecule has 0 saturated carbocycles. The number of anilines is 1. The van der Waals surface area contributed by atoms with Crippen LogP contribution in [0.5, 0.6) is 0 Å². The molecule has 0 aliphatic carbocycles. The number of nitrogens with zero attached hydrogens (tertiary/aromatic N) is 2. The van der Waals surface area contributed by atoms with Gasteiger partial charge in [-0.2, -0.15) is 5.10 Å². The Balaban J connectivity index is 2.50. The minimum atomic E-state index is 0.490. The third-order valence-electron chi connectivity index (χ3n) is 2.34. The van der Waals surface area contributed by atoms with Gasteiger partial charge in [0.1, 0.15) is 5.82 Å².